The third kappa shape index (κ3) is 3.60. The predicted octanol–water partition coefficient (Wildman–Crippen LogP) is 4.04. The van der Waals surface area contributed by atoms with E-state index < -0.39 is 0 Å². The first kappa shape index (κ1) is 14.1. The molecule has 1 aromatic rings. The number of hydrogen-bond acceptors (Lipinski definition) is 2. The van der Waals surface area contributed by atoms with Crippen LogP contribution in [0.5, 0.6) is 5.75 Å². The van der Waals surface area contributed by atoms with E-state index in [9.17, 15) is 5.11 Å². The van der Waals surface area contributed by atoms with Crippen molar-refractivity contribution in [2.45, 2.75) is 46.1 Å². The van der Waals surface area contributed by atoms with Crippen molar-refractivity contribution in [2.24, 2.45) is 5.41 Å². The molecule has 1 aliphatic rings. The van der Waals surface area contributed by atoms with Gasteiger partial charge >= 0.3 is 0 Å². The lowest BCUT2D eigenvalue weighted by molar-refractivity contribution is 0.146. The van der Waals surface area contributed by atoms with Crippen LogP contribution in [0.1, 0.15) is 45.6 Å². The van der Waals surface area contributed by atoms with Gasteiger partial charge in [0.25, 0.3) is 0 Å². The normalized spacial score (nSPS) is 21.9. The number of aliphatic hydroxyl groups excluding tert-OH is 1. The SMILES string of the molecule is CCCOc1ccccc1C1=CC(O)CC(C)(C)C1. The van der Waals surface area contributed by atoms with Crippen molar-refractivity contribution in [1.82, 2.24) is 0 Å². The molecule has 0 saturated carbocycles. The summed E-state index contributed by atoms with van der Waals surface area (Å²) in [6.45, 7) is 7.25. The fraction of sp³-hybridized carbons (Fsp3) is 0.529. The number of allylic oxidation sites excluding steroid dienone is 1. The molecule has 2 heteroatoms. The van der Waals surface area contributed by atoms with Crippen molar-refractivity contribution >= 4 is 5.57 Å². The second-order valence-corrected chi connectivity index (χ2v) is 6.15. The van der Waals surface area contributed by atoms with Crippen LogP contribution in [0.15, 0.2) is 30.3 Å². The first-order chi connectivity index (χ1) is 9.02. The van der Waals surface area contributed by atoms with Crippen LogP contribution in [-0.2, 0) is 0 Å². The highest BCUT2D eigenvalue weighted by Crippen LogP contribution is 2.41. The molecule has 0 aliphatic heterocycles. The number of para-hydroxylation sites is 1. The van der Waals surface area contributed by atoms with Gasteiger partial charge in [-0.1, -0.05) is 45.0 Å². The van der Waals surface area contributed by atoms with Gasteiger partial charge in [0.15, 0.2) is 0 Å². The van der Waals surface area contributed by atoms with Crippen molar-refractivity contribution < 1.29 is 9.84 Å². The summed E-state index contributed by atoms with van der Waals surface area (Å²) in [6.07, 6.45) is 4.45. The third-order valence-electron chi connectivity index (χ3n) is 3.52. The van der Waals surface area contributed by atoms with E-state index in [1.54, 1.807) is 0 Å². The number of rotatable bonds is 4. The van der Waals surface area contributed by atoms with Gasteiger partial charge in [0.2, 0.25) is 0 Å². The molecule has 0 bridgehead atoms. The van der Waals surface area contributed by atoms with Gasteiger partial charge in [-0.05, 0) is 36.3 Å². The first-order valence-corrected chi connectivity index (χ1v) is 7.13. The summed E-state index contributed by atoms with van der Waals surface area (Å²) >= 11 is 0. The van der Waals surface area contributed by atoms with Gasteiger partial charge in [-0.15, -0.1) is 0 Å². The Balaban J connectivity index is 2.30. The van der Waals surface area contributed by atoms with Crippen molar-refractivity contribution in [3.05, 3.63) is 35.9 Å². The summed E-state index contributed by atoms with van der Waals surface area (Å²) in [5.74, 6) is 0.931. The Kier molecular flexibility index (Phi) is 4.31. The highest BCUT2D eigenvalue weighted by Gasteiger charge is 2.29. The zero-order valence-corrected chi connectivity index (χ0v) is 12.1. The average molecular weight is 260 g/mol. The zero-order chi connectivity index (χ0) is 13.9. The maximum Gasteiger partial charge on any atom is 0.126 e. The second kappa shape index (κ2) is 5.79. The summed E-state index contributed by atoms with van der Waals surface area (Å²) in [6, 6.07) is 8.13. The van der Waals surface area contributed by atoms with Crippen molar-refractivity contribution in [2.75, 3.05) is 6.61 Å². The van der Waals surface area contributed by atoms with Crippen LogP contribution >= 0.6 is 0 Å². The van der Waals surface area contributed by atoms with Gasteiger partial charge < -0.3 is 9.84 Å². The van der Waals surface area contributed by atoms with Crippen molar-refractivity contribution in [3.63, 3.8) is 0 Å². The van der Waals surface area contributed by atoms with Crippen LogP contribution < -0.4 is 4.74 Å². The van der Waals surface area contributed by atoms with Gasteiger partial charge in [0.05, 0.1) is 12.7 Å². The monoisotopic (exact) mass is 260 g/mol. The summed E-state index contributed by atoms with van der Waals surface area (Å²) in [5.41, 5.74) is 2.47. The molecule has 0 fully saturated rings. The van der Waals surface area contributed by atoms with E-state index in [1.165, 1.54) is 5.57 Å². The highest BCUT2D eigenvalue weighted by molar-refractivity contribution is 5.72. The molecule has 0 aromatic heterocycles. The average Bonchev–Trinajstić information content (AvgIpc) is 2.34. The van der Waals surface area contributed by atoms with Crippen LogP contribution in [0.2, 0.25) is 0 Å². The quantitative estimate of drug-likeness (QED) is 0.885. The Bertz CT molecular complexity index is 460. The lowest BCUT2D eigenvalue weighted by Crippen LogP contribution is -2.24. The van der Waals surface area contributed by atoms with E-state index in [0.29, 0.717) is 0 Å². The molecule has 1 unspecified atom stereocenters. The van der Waals surface area contributed by atoms with Crippen LogP contribution in [0, 0.1) is 5.41 Å². The van der Waals surface area contributed by atoms with Gasteiger partial charge in [0.1, 0.15) is 5.75 Å². The number of hydrogen-bond donors (Lipinski definition) is 1. The molecule has 19 heavy (non-hydrogen) atoms. The van der Waals surface area contributed by atoms with Gasteiger partial charge in [0, 0.05) is 5.56 Å². The zero-order valence-electron chi connectivity index (χ0n) is 12.1. The topological polar surface area (TPSA) is 29.5 Å². The van der Waals surface area contributed by atoms with Crippen LogP contribution in [-0.4, -0.2) is 17.8 Å². The number of aliphatic hydroxyl groups is 1. The van der Waals surface area contributed by atoms with Gasteiger partial charge in [-0.3, -0.25) is 0 Å². The Morgan fingerprint density at radius 1 is 1.32 bits per heavy atom. The molecule has 1 aromatic carbocycles. The van der Waals surface area contributed by atoms with E-state index >= 15 is 0 Å². The van der Waals surface area contributed by atoms with Crippen LogP contribution in [0.4, 0.5) is 0 Å². The standard InChI is InChI=1S/C17H24O2/c1-4-9-19-16-8-6-5-7-15(16)13-10-14(18)12-17(2,3)11-13/h5-8,10,14,18H,4,9,11-12H2,1-3H3. The minimum absolute atomic E-state index is 0.140. The molecular formula is C17H24O2. The molecule has 0 amide bonds. The summed E-state index contributed by atoms with van der Waals surface area (Å²) in [5, 5.41) is 10.0. The fourth-order valence-electron chi connectivity index (χ4n) is 2.76. The fourth-order valence-corrected chi connectivity index (χ4v) is 2.76. The molecule has 1 aliphatic carbocycles. The largest absolute Gasteiger partial charge is 0.493 e. The van der Waals surface area contributed by atoms with E-state index in [4.69, 9.17) is 4.74 Å². The molecular weight excluding hydrogens is 236 g/mol. The lowest BCUT2D eigenvalue weighted by atomic mass is 9.74. The molecule has 0 spiro atoms. The second-order valence-electron chi connectivity index (χ2n) is 6.15. The Morgan fingerprint density at radius 2 is 2.05 bits per heavy atom. The molecule has 2 nitrogen and oxygen atoms in total. The Labute approximate surface area is 116 Å². The van der Waals surface area contributed by atoms with Gasteiger partial charge in [-0.25, -0.2) is 0 Å². The molecule has 1 atom stereocenters. The number of benzene rings is 1. The highest BCUT2D eigenvalue weighted by atomic mass is 16.5. The molecule has 0 radical (unpaired) electrons. The van der Waals surface area contributed by atoms with Crippen molar-refractivity contribution in [1.29, 1.82) is 0 Å². The summed E-state index contributed by atoms with van der Waals surface area (Å²) in [4.78, 5) is 0. The number of ether oxygens (including phenoxy) is 1. The minimum atomic E-state index is -0.349. The maximum atomic E-state index is 10.0. The summed E-state index contributed by atoms with van der Waals surface area (Å²) < 4.78 is 5.82. The van der Waals surface area contributed by atoms with E-state index in [2.05, 4.69) is 26.8 Å². The van der Waals surface area contributed by atoms with Crippen LogP contribution in [0.3, 0.4) is 0 Å². The molecule has 0 saturated heterocycles. The third-order valence-corrected chi connectivity index (χ3v) is 3.52. The molecule has 1 N–H and O–H groups in total. The molecule has 104 valence electrons. The van der Waals surface area contributed by atoms with E-state index in [1.807, 2.05) is 24.3 Å². The predicted molar refractivity (Wildman–Crippen MR) is 79.2 cm³/mol. The van der Waals surface area contributed by atoms with Gasteiger partial charge in [-0.2, -0.15) is 0 Å². The van der Waals surface area contributed by atoms with Crippen molar-refractivity contribution in [3.8, 4) is 5.75 Å². The van der Waals surface area contributed by atoms with E-state index in [0.717, 1.165) is 37.2 Å². The molecule has 2 rings (SSSR count). The first-order valence-electron chi connectivity index (χ1n) is 7.13. The maximum absolute atomic E-state index is 10.0. The molecule has 0 heterocycles. The van der Waals surface area contributed by atoms with Crippen LogP contribution in [0.25, 0.3) is 5.57 Å². The smallest absolute Gasteiger partial charge is 0.126 e. The minimum Gasteiger partial charge on any atom is -0.493 e. The van der Waals surface area contributed by atoms with E-state index in [-0.39, 0.29) is 11.5 Å². The lowest BCUT2D eigenvalue weighted by Gasteiger charge is -2.33. The Hall–Kier alpha value is -1.28. The summed E-state index contributed by atoms with van der Waals surface area (Å²) in [7, 11) is 0. The Morgan fingerprint density at radius 3 is 2.74 bits per heavy atom.